The van der Waals surface area contributed by atoms with Crippen LogP contribution < -0.4 is 4.74 Å². The predicted octanol–water partition coefficient (Wildman–Crippen LogP) is 6.70. The molecule has 3 aromatic carbocycles. The summed E-state index contributed by atoms with van der Waals surface area (Å²) < 4.78 is 74.2. The summed E-state index contributed by atoms with van der Waals surface area (Å²) in [4.78, 5) is 27.8. The monoisotopic (exact) mass is 515 g/mol. The van der Waals surface area contributed by atoms with Crippen LogP contribution in [0.2, 0.25) is 0 Å². The zero-order valence-corrected chi connectivity index (χ0v) is 19.1. The summed E-state index contributed by atoms with van der Waals surface area (Å²) in [5.41, 5.74) is -1.81. The fraction of sp³-hybridized carbons (Fsp3) is 0.111. The second-order valence-corrected chi connectivity index (χ2v) is 8.04. The van der Waals surface area contributed by atoms with Crippen LogP contribution in [0.5, 0.6) is 5.75 Å². The molecule has 4 aromatic rings. The number of carbonyl (C=O) groups is 2. The Morgan fingerprint density at radius 2 is 1.70 bits per heavy atom. The van der Waals surface area contributed by atoms with E-state index in [4.69, 9.17) is 4.74 Å². The first-order chi connectivity index (χ1) is 17.5. The molecule has 4 rings (SSSR count). The highest BCUT2D eigenvalue weighted by atomic mass is 19.4. The Kier molecular flexibility index (Phi) is 6.84. The number of ether oxygens (including phenoxy) is 1. The van der Waals surface area contributed by atoms with Crippen molar-refractivity contribution in [3.63, 3.8) is 0 Å². The van der Waals surface area contributed by atoms with Crippen molar-refractivity contribution >= 4 is 11.8 Å². The van der Waals surface area contributed by atoms with E-state index in [1.807, 2.05) is 0 Å². The number of aromatic carboxylic acids is 1. The van der Waals surface area contributed by atoms with Crippen LogP contribution in [0, 0.1) is 11.6 Å². The number of carboxylic acids is 1. The van der Waals surface area contributed by atoms with Gasteiger partial charge in [-0.15, -0.1) is 0 Å². The number of H-pyrrole nitrogens is 1. The lowest BCUT2D eigenvalue weighted by Gasteiger charge is -2.20. The van der Waals surface area contributed by atoms with Gasteiger partial charge in [-0.2, -0.15) is 13.2 Å². The predicted molar refractivity (Wildman–Crippen MR) is 124 cm³/mol. The summed E-state index contributed by atoms with van der Waals surface area (Å²) in [6.07, 6.45) is -3.29. The Balaban J connectivity index is 1.89. The second kappa shape index (κ2) is 9.88. The van der Waals surface area contributed by atoms with Crippen LogP contribution in [0.4, 0.5) is 22.0 Å². The molecule has 0 saturated heterocycles. The second-order valence-electron chi connectivity index (χ2n) is 8.04. The number of ketones is 1. The molecule has 0 radical (unpaired) electrons. The van der Waals surface area contributed by atoms with Gasteiger partial charge in [0.15, 0.2) is 5.78 Å². The van der Waals surface area contributed by atoms with Gasteiger partial charge in [0.05, 0.1) is 29.7 Å². The van der Waals surface area contributed by atoms with Crippen molar-refractivity contribution in [2.75, 3.05) is 7.11 Å². The van der Waals surface area contributed by atoms with E-state index in [1.54, 1.807) is 6.07 Å². The molecule has 2 N–H and O–H groups in total. The molecule has 190 valence electrons. The highest BCUT2D eigenvalue weighted by Crippen LogP contribution is 2.39. The maximum atomic E-state index is 15.0. The lowest BCUT2D eigenvalue weighted by Crippen LogP contribution is -2.18. The summed E-state index contributed by atoms with van der Waals surface area (Å²) in [6.45, 7) is 0. The SMILES string of the molecule is COc1ccc(-c2cccc(C(=O)O)c2F)cc1C(C(=O)c1ccc(C(F)(F)F)cc1F)c1ccc[nH]1. The van der Waals surface area contributed by atoms with Gasteiger partial charge in [-0.05, 0) is 54.1 Å². The molecule has 0 saturated carbocycles. The number of alkyl halides is 3. The standard InChI is InChI=1S/C27H18F5NO4/c1-37-22-10-7-14(16-4-2-5-18(24(16)29)26(35)36)12-19(22)23(21-6-3-11-33-21)25(34)17-9-8-15(13-20(17)28)27(30,31)32/h2-13,23,33H,1H3,(H,35,36). The molecule has 1 aromatic heterocycles. The molecule has 0 aliphatic rings. The number of hydrogen-bond donors (Lipinski definition) is 2. The summed E-state index contributed by atoms with van der Waals surface area (Å²) in [6, 6.07) is 12.8. The zero-order chi connectivity index (χ0) is 26.9. The quantitative estimate of drug-likeness (QED) is 0.212. The molecule has 0 amide bonds. The average molecular weight is 515 g/mol. The molecule has 1 heterocycles. The minimum Gasteiger partial charge on any atom is -0.496 e. The minimum absolute atomic E-state index is 0.0674. The first-order valence-electron chi connectivity index (χ1n) is 10.8. The molecule has 0 spiro atoms. The Morgan fingerprint density at radius 3 is 2.30 bits per heavy atom. The lowest BCUT2D eigenvalue weighted by atomic mass is 9.85. The minimum atomic E-state index is -4.80. The highest BCUT2D eigenvalue weighted by Gasteiger charge is 2.34. The Labute approximate surface area is 207 Å². The number of carboxylic acid groups (broad SMARTS) is 1. The fourth-order valence-electron chi connectivity index (χ4n) is 4.07. The fourth-order valence-corrected chi connectivity index (χ4v) is 4.07. The molecule has 0 aliphatic heterocycles. The molecule has 1 unspecified atom stereocenters. The van der Waals surface area contributed by atoms with E-state index in [2.05, 4.69) is 4.98 Å². The van der Waals surface area contributed by atoms with Crippen molar-refractivity contribution < 1.29 is 41.4 Å². The third kappa shape index (κ3) is 4.95. The number of Topliss-reactive ketones (excluding diaryl/α,β-unsaturated/α-hetero) is 1. The van der Waals surface area contributed by atoms with Crippen LogP contribution in [0.3, 0.4) is 0 Å². The molecular weight excluding hydrogens is 497 g/mol. The summed E-state index contributed by atoms with van der Waals surface area (Å²) in [7, 11) is 1.32. The number of aromatic amines is 1. The molecule has 5 nitrogen and oxygen atoms in total. The smallest absolute Gasteiger partial charge is 0.416 e. The Bertz CT molecular complexity index is 1480. The van der Waals surface area contributed by atoms with Crippen molar-refractivity contribution in [2.24, 2.45) is 0 Å². The number of nitrogens with one attached hydrogen (secondary N) is 1. The van der Waals surface area contributed by atoms with E-state index in [-0.39, 0.29) is 34.2 Å². The molecule has 37 heavy (non-hydrogen) atoms. The van der Waals surface area contributed by atoms with Crippen LogP contribution in [0.25, 0.3) is 11.1 Å². The number of aromatic nitrogens is 1. The van der Waals surface area contributed by atoms with Crippen molar-refractivity contribution in [2.45, 2.75) is 12.1 Å². The van der Waals surface area contributed by atoms with Gasteiger partial charge >= 0.3 is 12.1 Å². The average Bonchev–Trinajstić information content (AvgIpc) is 3.38. The molecule has 0 fully saturated rings. The van der Waals surface area contributed by atoms with E-state index in [9.17, 15) is 36.6 Å². The Hall–Kier alpha value is -4.47. The Morgan fingerprint density at radius 1 is 0.946 bits per heavy atom. The number of methoxy groups -OCH3 is 1. The van der Waals surface area contributed by atoms with Crippen molar-refractivity contribution in [1.29, 1.82) is 0 Å². The maximum absolute atomic E-state index is 15.0. The lowest BCUT2D eigenvalue weighted by molar-refractivity contribution is -0.137. The molecule has 10 heteroatoms. The van der Waals surface area contributed by atoms with E-state index in [0.717, 1.165) is 12.1 Å². The van der Waals surface area contributed by atoms with Gasteiger partial charge in [-0.1, -0.05) is 18.2 Å². The molecule has 1 atom stereocenters. The number of halogens is 5. The van der Waals surface area contributed by atoms with Gasteiger partial charge in [0, 0.05) is 23.0 Å². The van der Waals surface area contributed by atoms with Gasteiger partial charge < -0.3 is 14.8 Å². The van der Waals surface area contributed by atoms with Crippen LogP contribution in [0.1, 0.15) is 43.5 Å². The molecule has 0 aliphatic carbocycles. The first-order valence-corrected chi connectivity index (χ1v) is 10.8. The largest absolute Gasteiger partial charge is 0.496 e. The summed E-state index contributed by atoms with van der Waals surface area (Å²) in [5, 5.41) is 9.27. The van der Waals surface area contributed by atoms with Gasteiger partial charge in [-0.3, -0.25) is 4.79 Å². The van der Waals surface area contributed by atoms with E-state index in [0.29, 0.717) is 6.07 Å². The van der Waals surface area contributed by atoms with Gasteiger partial charge in [0.2, 0.25) is 0 Å². The normalized spacial score (nSPS) is 12.3. The van der Waals surface area contributed by atoms with E-state index in [1.165, 1.54) is 49.7 Å². The highest BCUT2D eigenvalue weighted by molar-refractivity contribution is 6.03. The van der Waals surface area contributed by atoms with Crippen LogP contribution in [-0.4, -0.2) is 29.0 Å². The van der Waals surface area contributed by atoms with Crippen LogP contribution in [0.15, 0.2) is 72.9 Å². The van der Waals surface area contributed by atoms with Gasteiger partial charge in [0.25, 0.3) is 0 Å². The third-order valence-electron chi connectivity index (χ3n) is 5.84. The first kappa shape index (κ1) is 25.6. The van der Waals surface area contributed by atoms with Gasteiger partial charge in [-0.25, -0.2) is 13.6 Å². The van der Waals surface area contributed by atoms with Crippen LogP contribution >= 0.6 is 0 Å². The number of carbonyl (C=O) groups excluding carboxylic acids is 1. The topological polar surface area (TPSA) is 79.4 Å². The van der Waals surface area contributed by atoms with E-state index >= 15 is 0 Å². The summed E-state index contributed by atoms with van der Waals surface area (Å²) in [5.74, 6) is -5.80. The van der Waals surface area contributed by atoms with E-state index < -0.39 is 52.2 Å². The van der Waals surface area contributed by atoms with Crippen molar-refractivity contribution in [1.82, 2.24) is 4.98 Å². The maximum Gasteiger partial charge on any atom is 0.416 e. The van der Waals surface area contributed by atoms with Gasteiger partial charge in [0.1, 0.15) is 17.4 Å². The number of benzene rings is 3. The van der Waals surface area contributed by atoms with Crippen molar-refractivity contribution in [3.05, 3.63) is 113 Å². The summed E-state index contributed by atoms with van der Waals surface area (Å²) >= 11 is 0. The third-order valence-corrected chi connectivity index (χ3v) is 5.84. The van der Waals surface area contributed by atoms with Crippen LogP contribution in [-0.2, 0) is 6.18 Å². The number of hydrogen-bond acceptors (Lipinski definition) is 3. The molecule has 0 bridgehead atoms. The molecular formula is C27H18F5NO4. The zero-order valence-electron chi connectivity index (χ0n) is 19.1. The number of rotatable bonds is 7. The van der Waals surface area contributed by atoms with Crippen molar-refractivity contribution in [3.8, 4) is 16.9 Å².